The van der Waals surface area contributed by atoms with Crippen LogP contribution in [-0.2, 0) is 4.79 Å². The maximum absolute atomic E-state index is 11.6. The number of carbonyl (C=O) groups excluding carboxylic acids is 2. The first-order valence-corrected chi connectivity index (χ1v) is 5.59. The van der Waals surface area contributed by atoms with E-state index in [-0.39, 0.29) is 34.9 Å². The SMILES string of the molecule is CC(C)C(=O)CNC(=O)c1ccc(O)c(Cl)c1. The monoisotopic (exact) mass is 255 g/mol. The summed E-state index contributed by atoms with van der Waals surface area (Å²) in [4.78, 5) is 23.0. The second-order valence-corrected chi connectivity index (χ2v) is 4.38. The van der Waals surface area contributed by atoms with Crippen LogP contribution in [-0.4, -0.2) is 23.3 Å². The lowest BCUT2D eigenvalue weighted by molar-refractivity contribution is -0.120. The van der Waals surface area contributed by atoms with Gasteiger partial charge in [-0.2, -0.15) is 0 Å². The highest BCUT2D eigenvalue weighted by Crippen LogP contribution is 2.23. The van der Waals surface area contributed by atoms with Crippen LogP contribution in [0.3, 0.4) is 0 Å². The zero-order valence-electron chi connectivity index (χ0n) is 9.66. The molecule has 0 aliphatic rings. The van der Waals surface area contributed by atoms with E-state index in [0.29, 0.717) is 5.56 Å². The van der Waals surface area contributed by atoms with E-state index < -0.39 is 0 Å². The van der Waals surface area contributed by atoms with Crippen molar-refractivity contribution in [2.75, 3.05) is 6.54 Å². The summed E-state index contributed by atoms with van der Waals surface area (Å²) in [6.07, 6.45) is 0. The van der Waals surface area contributed by atoms with Crippen LogP contribution >= 0.6 is 11.6 Å². The van der Waals surface area contributed by atoms with Crippen molar-refractivity contribution in [1.29, 1.82) is 0 Å². The van der Waals surface area contributed by atoms with Crippen molar-refractivity contribution in [3.63, 3.8) is 0 Å². The molecule has 92 valence electrons. The summed E-state index contributed by atoms with van der Waals surface area (Å²) in [7, 11) is 0. The molecule has 1 aromatic rings. The third-order valence-electron chi connectivity index (χ3n) is 2.28. The van der Waals surface area contributed by atoms with Crippen molar-refractivity contribution in [2.45, 2.75) is 13.8 Å². The zero-order valence-corrected chi connectivity index (χ0v) is 10.4. The van der Waals surface area contributed by atoms with E-state index in [1.807, 2.05) is 0 Å². The summed E-state index contributed by atoms with van der Waals surface area (Å²) in [5, 5.41) is 11.8. The second kappa shape index (κ2) is 5.68. The molecule has 0 saturated carbocycles. The molecule has 1 amide bonds. The van der Waals surface area contributed by atoms with Crippen molar-refractivity contribution in [2.24, 2.45) is 5.92 Å². The van der Waals surface area contributed by atoms with Gasteiger partial charge in [0.2, 0.25) is 0 Å². The quantitative estimate of drug-likeness (QED) is 0.865. The second-order valence-electron chi connectivity index (χ2n) is 3.97. The fourth-order valence-electron chi connectivity index (χ4n) is 1.12. The molecule has 0 atom stereocenters. The van der Waals surface area contributed by atoms with E-state index in [0.717, 1.165) is 0 Å². The summed E-state index contributed by atoms with van der Waals surface area (Å²) in [5.74, 6) is -0.621. The summed E-state index contributed by atoms with van der Waals surface area (Å²) < 4.78 is 0. The molecule has 0 bridgehead atoms. The Balaban J connectivity index is 2.64. The van der Waals surface area contributed by atoms with E-state index in [9.17, 15) is 14.7 Å². The van der Waals surface area contributed by atoms with Crippen LogP contribution in [0.4, 0.5) is 0 Å². The Hall–Kier alpha value is -1.55. The molecule has 0 unspecified atom stereocenters. The molecule has 4 nitrogen and oxygen atoms in total. The van der Waals surface area contributed by atoms with Gasteiger partial charge in [0, 0.05) is 11.5 Å². The number of benzene rings is 1. The minimum absolute atomic E-state index is 0.00496. The molecule has 0 spiro atoms. The Kier molecular flexibility index (Phi) is 4.52. The number of nitrogens with one attached hydrogen (secondary N) is 1. The predicted octanol–water partition coefficient (Wildman–Crippen LogP) is 2.00. The lowest BCUT2D eigenvalue weighted by atomic mass is 10.1. The molecule has 2 N–H and O–H groups in total. The Labute approximate surface area is 105 Å². The number of ketones is 1. The Morgan fingerprint density at radius 3 is 2.59 bits per heavy atom. The molecule has 0 fully saturated rings. The molecule has 5 heteroatoms. The summed E-state index contributed by atoms with van der Waals surface area (Å²) in [5.41, 5.74) is 0.310. The fraction of sp³-hybridized carbons (Fsp3) is 0.333. The number of carbonyl (C=O) groups is 2. The van der Waals surface area contributed by atoms with Gasteiger partial charge in [-0.05, 0) is 18.2 Å². The van der Waals surface area contributed by atoms with E-state index in [1.54, 1.807) is 13.8 Å². The number of aromatic hydroxyl groups is 1. The molecular weight excluding hydrogens is 242 g/mol. The van der Waals surface area contributed by atoms with Crippen LogP contribution in [0.1, 0.15) is 24.2 Å². The van der Waals surface area contributed by atoms with E-state index in [1.165, 1.54) is 18.2 Å². The van der Waals surface area contributed by atoms with Crippen molar-refractivity contribution in [3.05, 3.63) is 28.8 Å². The topological polar surface area (TPSA) is 66.4 Å². The maximum atomic E-state index is 11.6. The Morgan fingerprint density at radius 2 is 2.06 bits per heavy atom. The lowest BCUT2D eigenvalue weighted by Gasteiger charge is -2.07. The number of amides is 1. The molecule has 1 rings (SSSR count). The number of Topliss-reactive ketones (excluding diaryl/α,β-unsaturated/α-hetero) is 1. The van der Waals surface area contributed by atoms with Crippen molar-refractivity contribution < 1.29 is 14.7 Å². The molecule has 0 saturated heterocycles. The van der Waals surface area contributed by atoms with Crippen LogP contribution < -0.4 is 5.32 Å². The highest BCUT2D eigenvalue weighted by atomic mass is 35.5. The average molecular weight is 256 g/mol. The highest BCUT2D eigenvalue weighted by Gasteiger charge is 2.11. The van der Waals surface area contributed by atoms with Crippen molar-refractivity contribution >= 4 is 23.3 Å². The fourth-order valence-corrected chi connectivity index (χ4v) is 1.30. The molecular formula is C12H14ClNO3. The summed E-state index contributed by atoms with van der Waals surface area (Å²) in [6, 6.07) is 4.13. The van der Waals surface area contributed by atoms with E-state index >= 15 is 0 Å². The first kappa shape index (κ1) is 13.5. The number of hydrogen-bond donors (Lipinski definition) is 2. The largest absolute Gasteiger partial charge is 0.506 e. The zero-order chi connectivity index (χ0) is 13.0. The Morgan fingerprint density at radius 1 is 1.41 bits per heavy atom. The van der Waals surface area contributed by atoms with Gasteiger partial charge in [-0.3, -0.25) is 9.59 Å². The lowest BCUT2D eigenvalue weighted by Crippen LogP contribution is -2.31. The smallest absolute Gasteiger partial charge is 0.251 e. The van der Waals surface area contributed by atoms with Crippen LogP contribution in [0, 0.1) is 5.92 Å². The molecule has 0 aromatic heterocycles. The highest BCUT2D eigenvalue weighted by molar-refractivity contribution is 6.32. The van der Waals surface area contributed by atoms with Gasteiger partial charge in [0.05, 0.1) is 11.6 Å². The minimum Gasteiger partial charge on any atom is -0.506 e. The van der Waals surface area contributed by atoms with E-state index in [4.69, 9.17) is 11.6 Å². The van der Waals surface area contributed by atoms with Gasteiger partial charge in [0.15, 0.2) is 5.78 Å². The van der Waals surface area contributed by atoms with Crippen LogP contribution in [0.5, 0.6) is 5.75 Å². The third-order valence-corrected chi connectivity index (χ3v) is 2.58. The number of halogens is 1. The average Bonchev–Trinajstić information content (AvgIpc) is 2.28. The van der Waals surface area contributed by atoms with Crippen molar-refractivity contribution in [3.8, 4) is 5.75 Å². The van der Waals surface area contributed by atoms with Gasteiger partial charge in [-0.15, -0.1) is 0 Å². The number of hydrogen-bond acceptors (Lipinski definition) is 3. The standard InChI is InChI=1S/C12H14ClNO3/c1-7(2)11(16)6-14-12(17)8-3-4-10(15)9(13)5-8/h3-5,7,15H,6H2,1-2H3,(H,14,17). The first-order chi connectivity index (χ1) is 7.91. The van der Waals surface area contributed by atoms with E-state index in [2.05, 4.69) is 5.32 Å². The number of phenolic OH excluding ortho intramolecular Hbond substituents is 1. The van der Waals surface area contributed by atoms with Gasteiger partial charge in [-0.25, -0.2) is 0 Å². The third kappa shape index (κ3) is 3.75. The number of phenols is 1. The maximum Gasteiger partial charge on any atom is 0.251 e. The van der Waals surface area contributed by atoms with Gasteiger partial charge in [0.1, 0.15) is 5.75 Å². The molecule has 0 heterocycles. The Bertz CT molecular complexity index is 443. The summed E-state index contributed by atoms with van der Waals surface area (Å²) >= 11 is 5.67. The minimum atomic E-state index is -0.388. The molecule has 0 radical (unpaired) electrons. The van der Waals surface area contributed by atoms with Gasteiger partial charge in [-0.1, -0.05) is 25.4 Å². The van der Waals surface area contributed by atoms with Crippen LogP contribution in [0.2, 0.25) is 5.02 Å². The molecule has 1 aromatic carbocycles. The number of rotatable bonds is 4. The van der Waals surface area contributed by atoms with Crippen LogP contribution in [0.15, 0.2) is 18.2 Å². The molecule has 0 aliphatic carbocycles. The molecule has 0 aliphatic heterocycles. The van der Waals surface area contributed by atoms with Gasteiger partial charge < -0.3 is 10.4 Å². The van der Waals surface area contributed by atoms with Crippen LogP contribution in [0.25, 0.3) is 0 Å². The van der Waals surface area contributed by atoms with Gasteiger partial charge >= 0.3 is 0 Å². The van der Waals surface area contributed by atoms with Crippen molar-refractivity contribution in [1.82, 2.24) is 5.32 Å². The normalized spacial score (nSPS) is 10.4. The summed E-state index contributed by atoms with van der Waals surface area (Å²) in [6.45, 7) is 3.53. The van der Waals surface area contributed by atoms with Gasteiger partial charge in [0.25, 0.3) is 5.91 Å². The predicted molar refractivity (Wildman–Crippen MR) is 65.3 cm³/mol. The first-order valence-electron chi connectivity index (χ1n) is 5.21. The molecule has 17 heavy (non-hydrogen) atoms.